The third kappa shape index (κ3) is 6.25. The van der Waals surface area contributed by atoms with E-state index < -0.39 is 0 Å². The first-order chi connectivity index (χ1) is 9.13. The van der Waals surface area contributed by atoms with Crippen molar-refractivity contribution in [3.8, 4) is 5.75 Å². The molecule has 1 N–H and O–H groups in total. The van der Waals surface area contributed by atoms with Gasteiger partial charge >= 0.3 is 0 Å². The molecular weight excluding hydrogens is 242 g/mol. The molecule has 19 heavy (non-hydrogen) atoms. The fourth-order valence-electron chi connectivity index (χ4n) is 1.51. The molecule has 0 aliphatic heterocycles. The molecule has 0 aliphatic rings. The van der Waals surface area contributed by atoms with Crippen LogP contribution in [0.3, 0.4) is 0 Å². The first-order valence-corrected chi connectivity index (χ1v) is 6.63. The Labute approximate surface area is 115 Å². The summed E-state index contributed by atoms with van der Waals surface area (Å²) in [4.78, 5) is 0. The number of oxime groups is 1. The molecule has 0 saturated carbocycles. The summed E-state index contributed by atoms with van der Waals surface area (Å²) in [6.45, 7) is 7.99. The van der Waals surface area contributed by atoms with Crippen molar-refractivity contribution >= 4 is 5.71 Å². The van der Waals surface area contributed by atoms with Gasteiger partial charge in [0.2, 0.25) is 0 Å². The predicted molar refractivity (Wildman–Crippen MR) is 76.2 cm³/mol. The Morgan fingerprint density at radius 2 is 2.05 bits per heavy atom. The van der Waals surface area contributed by atoms with E-state index in [0.717, 1.165) is 24.3 Å². The molecule has 0 fully saturated rings. The van der Waals surface area contributed by atoms with E-state index in [1.807, 2.05) is 24.3 Å². The zero-order valence-electron chi connectivity index (χ0n) is 11.9. The minimum atomic E-state index is 0.525. The van der Waals surface area contributed by atoms with Crippen molar-refractivity contribution in [1.82, 2.24) is 0 Å². The van der Waals surface area contributed by atoms with Crippen LogP contribution in [-0.4, -0.2) is 30.7 Å². The second-order valence-electron chi connectivity index (χ2n) is 4.86. The van der Waals surface area contributed by atoms with Gasteiger partial charge in [0.25, 0.3) is 0 Å². The van der Waals surface area contributed by atoms with Crippen molar-refractivity contribution < 1.29 is 14.7 Å². The van der Waals surface area contributed by atoms with Crippen LogP contribution in [0.2, 0.25) is 0 Å². The van der Waals surface area contributed by atoms with Gasteiger partial charge in [0.05, 0.1) is 12.3 Å². The summed E-state index contributed by atoms with van der Waals surface area (Å²) in [6.07, 6.45) is 1.07. The van der Waals surface area contributed by atoms with Gasteiger partial charge in [-0.2, -0.15) is 0 Å². The minimum absolute atomic E-state index is 0.525. The van der Waals surface area contributed by atoms with Crippen molar-refractivity contribution in [2.24, 2.45) is 11.1 Å². The summed E-state index contributed by atoms with van der Waals surface area (Å²) in [7, 11) is 0. The Hall–Kier alpha value is -1.55. The lowest BCUT2D eigenvalue weighted by atomic mass is 10.1. The Morgan fingerprint density at radius 1 is 1.26 bits per heavy atom. The maximum atomic E-state index is 8.72. The zero-order chi connectivity index (χ0) is 14.1. The van der Waals surface area contributed by atoms with Gasteiger partial charge in [-0.05, 0) is 31.4 Å². The highest BCUT2D eigenvalue weighted by molar-refractivity contribution is 5.98. The smallest absolute Gasteiger partial charge is 0.120 e. The number of hydrogen-bond donors (Lipinski definition) is 1. The first-order valence-electron chi connectivity index (χ1n) is 6.63. The molecule has 0 amide bonds. The quantitative estimate of drug-likeness (QED) is 0.339. The van der Waals surface area contributed by atoms with Crippen molar-refractivity contribution in [1.29, 1.82) is 0 Å². The van der Waals surface area contributed by atoms with Crippen LogP contribution in [0.4, 0.5) is 0 Å². The van der Waals surface area contributed by atoms with Gasteiger partial charge < -0.3 is 14.7 Å². The maximum Gasteiger partial charge on any atom is 0.120 e. The fraction of sp³-hybridized carbons (Fsp3) is 0.533. The SMILES string of the molecule is C/C(=N\O)c1cccc(OCCOCCC(C)C)c1. The molecule has 0 unspecified atom stereocenters. The van der Waals surface area contributed by atoms with E-state index >= 15 is 0 Å². The van der Waals surface area contributed by atoms with E-state index in [1.165, 1.54) is 0 Å². The second kappa shape index (κ2) is 8.53. The maximum absolute atomic E-state index is 8.72. The van der Waals surface area contributed by atoms with Crippen LogP contribution in [0.5, 0.6) is 5.75 Å². The zero-order valence-corrected chi connectivity index (χ0v) is 11.9. The number of rotatable bonds is 8. The average molecular weight is 265 g/mol. The number of hydrogen-bond acceptors (Lipinski definition) is 4. The Morgan fingerprint density at radius 3 is 2.74 bits per heavy atom. The monoisotopic (exact) mass is 265 g/mol. The average Bonchev–Trinajstić information content (AvgIpc) is 2.41. The van der Waals surface area contributed by atoms with Crippen molar-refractivity contribution in [3.05, 3.63) is 29.8 Å². The Bertz CT molecular complexity index is 402. The molecule has 0 bridgehead atoms. The van der Waals surface area contributed by atoms with Crippen molar-refractivity contribution in [2.75, 3.05) is 19.8 Å². The molecule has 0 aromatic heterocycles. The Balaban J connectivity index is 2.30. The van der Waals surface area contributed by atoms with Crippen molar-refractivity contribution in [2.45, 2.75) is 27.2 Å². The highest BCUT2D eigenvalue weighted by atomic mass is 16.5. The summed E-state index contributed by atoms with van der Waals surface area (Å²) in [6, 6.07) is 7.48. The molecule has 106 valence electrons. The topological polar surface area (TPSA) is 51.1 Å². The predicted octanol–water partition coefficient (Wildman–Crippen LogP) is 3.33. The molecule has 1 aromatic rings. The van der Waals surface area contributed by atoms with Crippen LogP contribution in [-0.2, 0) is 4.74 Å². The summed E-state index contributed by atoms with van der Waals surface area (Å²) in [5.74, 6) is 1.42. The second-order valence-corrected chi connectivity index (χ2v) is 4.86. The highest BCUT2D eigenvalue weighted by Crippen LogP contribution is 2.14. The lowest BCUT2D eigenvalue weighted by Gasteiger charge is -2.09. The van der Waals surface area contributed by atoms with Gasteiger partial charge in [0, 0.05) is 12.2 Å². The molecule has 0 radical (unpaired) electrons. The summed E-state index contributed by atoms with van der Waals surface area (Å²) < 4.78 is 11.1. The minimum Gasteiger partial charge on any atom is -0.491 e. The summed E-state index contributed by atoms with van der Waals surface area (Å²) in [5.41, 5.74) is 1.42. The molecule has 1 rings (SSSR count). The van der Waals surface area contributed by atoms with Crippen LogP contribution in [0.25, 0.3) is 0 Å². The molecule has 0 aliphatic carbocycles. The molecule has 0 heterocycles. The van der Waals surface area contributed by atoms with Crippen LogP contribution >= 0.6 is 0 Å². The van der Waals surface area contributed by atoms with Gasteiger partial charge in [0.15, 0.2) is 0 Å². The lowest BCUT2D eigenvalue weighted by molar-refractivity contribution is 0.0926. The van der Waals surface area contributed by atoms with Crippen LogP contribution < -0.4 is 4.74 Å². The number of nitrogens with zero attached hydrogens (tertiary/aromatic N) is 1. The van der Waals surface area contributed by atoms with Gasteiger partial charge in [0.1, 0.15) is 12.4 Å². The van der Waals surface area contributed by atoms with E-state index in [-0.39, 0.29) is 0 Å². The third-order valence-electron chi connectivity index (χ3n) is 2.74. The van der Waals surface area contributed by atoms with Gasteiger partial charge in [-0.1, -0.05) is 31.1 Å². The van der Waals surface area contributed by atoms with E-state index in [9.17, 15) is 0 Å². The van der Waals surface area contributed by atoms with Gasteiger partial charge in [-0.3, -0.25) is 0 Å². The van der Waals surface area contributed by atoms with E-state index in [2.05, 4.69) is 19.0 Å². The van der Waals surface area contributed by atoms with Gasteiger partial charge in [-0.25, -0.2) is 0 Å². The number of benzene rings is 1. The first kappa shape index (κ1) is 15.5. The summed E-state index contributed by atoms with van der Waals surface area (Å²) >= 11 is 0. The fourth-order valence-corrected chi connectivity index (χ4v) is 1.51. The standard InChI is InChI=1S/C15H23NO3/c1-12(2)7-8-18-9-10-19-15-6-4-5-14(11-15)13(3)16-17/h4-6,11-12,17H,7-10H2,1-3H3/b16-13+. The Kier molecular flexibility index (Phi) is 6.97. The molecule has 0 spiro atoms. The van der Waals surface area contributed by atoms with Crippen LogP contribution in [0, 0.1) is 5.92 Å². The largest absolute Gasteiger partial charge is 0.491 e. The van der Waals surface area contributed by atoms with E-state index in [0.29, 0.717) is 24.8 Å². The van der Waals surface area contributed by atoms with E-state index in [1.54, 1.807) is 6.92 Å². The third-order valence-corrected chi connectivity index (χ3v) is 2.74. The van der Waals surface area contributed by atoms with Crippen molar-refractivity contribution in [3.63, 3.8) is 0 Å². The molecular formula is C15H23NO3. The molecule has 4 nitrogen and oxygen atoms in total. The van der Waals surface area contributed by atoms with Gasteiger partial charge in [-0.15, -0.1) is 0 Å². The molecule has 0 saturated heterocycles. The normalized spacial score (nSPS) is 11.9. The molecule has 0 atom stereocenters. The van der Waals surface area contributed by atoms with Crippen LogP contribution in [0.1, 0.15) is 32.8 Å². The summed E-state index contributed by atoms with van der Waals surface area (Å²) in [5, 5.41) is 11.9. The van der Waals surface area contributed by atoms with Crippen LogP contribution in [0.15, 0.2) is 29.4 Å². The number of ether oxygens (including phenoxy) is 2. The molecule has 1 aromatic carbocycles. The highest BCUT2D eigenvalue weighted by Gasteiger charge is 2.00. The van der Waals surface area contributed by atoms with E-state index in [4.69, 9.17) is 14.7 Å². The lowest BCUT2D eigenvalue weighted by Crippen LogP contribution is -2.09. The molecule has 4 heteroatoms.